The fourth-order valence-corrected chi connectivity index (χ4v) is 14.6. The predicted molar refractivity (Wildman–Crippen MR) is 244 cm³/mol. The molecular formula is C54H38N2Si. The van der Waals surface area contributed by atoms with Gasteiger partial charge in [-0.2, -0.15) is 0 Å². The Kier molecular flexibility index (Phi) is 7.87. The lowest BCUT2D eigenvalue weighted by Gasteiger charge is -2.36. The van der Waals surface area contributed by atoms with E-state index in [1.54, 1.807) is 0 Å². The molecule has 0 N–H and O–H groups in total. The van der Waals surface area contributed by atoms with E-state index in [0.29, 0.717) is 0 Å². The zero-order chi connectivity index (χ0) is 37.8. The molecule has 0 aliphatic heterocycles. The molecular weight excluding hydrogens is 705 g/mol. The van der Waals surface area contributed by atoms with Gasteiger partial charge in [0, 0.05) is 32.9 Å². The van der Waals surface area contributed by atoms with Crippen LogP contribution in [0.2, 0.25) is 0 Å². The lowest BCUT2D eigenvalue weighted by atomic mass is 9.98. The van der Waals surface area contributed by atoms with E-state index >= 15 is 0 Å². The average Bonchev–Trinajstić information content (AvgIpc) is 3.82. The van der Waals surface area contributed by atoms with Gasteiger partial charge in [0.15, 0.2) is 8.07 Å². The smallest absolute Gasteiger partial charge is 0.180 e. The van der Waals surface area contributed by atoms with Crippen LogP contribution >= 0.6 is 0 Å². The standard InChI is InChI=1S/C54H38N2Si/c1-6-21-39(22-7-1)55-48-34-18-16-32-46(48)53-50(55)38-37-47-52-45(33-20-35-49(52)56(54(47)53)40-23-8-2-9-24-40)44-31-17-19-36-51(44)57(41-25-10-3-11-26-41,42-27-12-4-13-28-42)43-29-14-5-15-30-43/h1-38H. The fraction of sp³-hybridized carbons (Fsp3) is 0. The maximum atomic E-state index is 2.51. The molecule has 0 unspecified atom stereocenters. The Morgan fingerprint density at radius 2 is 0.737 bits per heavy atom. The number of hydrogen-bond donors (Lipinski definition) is 0. The third kappa shape index (κ3) is 5.03. The molecule has 0 spiro atoms. The number of hydrogen-bond acceptors (Lipinski definition) is 0. The molecule has 268 valence electrons. The highest BCUT2D eigenvalue weighted by Gasteiger charge is 2.43. The van der Waals surface area contributed by atoms with Crippen molar-refractivity contribution >= 4 is 72.4 Å². The SMILES string of the molecule is c1ccc(-n2c3ccccc3c3c2ccc2c4c(-c5ccccc5[Si](c5ccccc5)(c5ccccc5)c5ccccc5)cccc4n(-c4ccccc4)c23)cc1. The summed E-state index contributed by atoms with van der Waals surface area (Å²) in [6, 6.07) is 85.2. The van der Waals surface area contributed by atoms with Crippen molar-refractivity contribution in [1.82, 2.24) is 9.13 Å². The van der Waals surface area contributed by atoms with Gasteiger partial charge >= 0.3 is 0 Å². The van der Waals surface area contributed by atoms with Gasteiger partial charge in [0.25, 0.3) is 0 Å². The molecule has 9 aromatic carbocycles. The summed E-state index contributed by atoms with van der Waals surface area (Å²) in [5.41, 5.74) is 9.63. The van der Waals surface area contributed by atoms with Crippen LogP contribution in [-0.2, 0) is 0 Å². The first-order valence-corrected chi connectivity index (χ1v) is 21.7. The van der Waals surface area contributed by atoms with Gasteiger partial charge in [-0.3, -0.25) is 0 Å². The Hall–Kier alpha value is -7.20. The molecule has 2 heterocycles. The summed E-state index contributed by atoms with van der Waals surface area (Å²) in [5, 5.41) is 10.5. The minimum atomic E-state index is -2.86. The third-order valence-electron chi connectivity index (χ3n) is 11.9. The number of nitrogens with zero attached hydrogens (tertiary/aromatic N) is 2. The van der Waals surface area contributed by atoms with Crippen molar-refractivity contribution < 1.29 is 0 Å². The summed E-state index contributed by atoms with van der Waals surface area (Å²) in [6.07, 6.45) is 0. The molecule has 0 saturated heterocycles. The van der Waals surface area contributed by atoms with Crippen molar-refractivity contribution in [3.05, 3.63) is 231 Å². The highest BCUT2D eigenvalue weighted by molar-refractivity contribution is 7.20. The maximum Gasteiger partial charge on any atom is 0.180 e. The van der Waals surface area contributed by atoms with Gasteiger partial charge in [0.2, 0.25) is 0 Å². The normalized spacial score (nSPS) is 11.9. The molecule has 0 aliphatic rings. The Morgan fingerprint density at radius 3 is 1.35 bits per heavy atom. The third-order valence-corrected chi connectivity index (χ3v) is 16.7. The number of rotatable bonds is 7. The molecule has 0 saturated carbocycles. The van der Waals surface area contributed by atoms with Crippen LogP contribution < -0.4 is 20.7 Å². The molecule has 3 heteroatoms. The summed E-state index contributed by atoms with van der Waals surface area (Å²) >= 11 is 0. The van der Waals surface area contributed by atoms with Crippen LogP contribution in [0, 0.1) is 0 Å². The van der Waals surface area contributed by atoms with Crippen molar-refractivity contribution in [3.8, 4) is 22.5 Å². The fourth-order valence-electron chi connectivity index (χ4n) is 9.61. The predicted octanol–water partition coefficient (Wildman–Crippen LogP) is 10.9. The molecule has 0 atom stereocenters. The summed E-state index contributed by atoms with van der Waals surface area (Å²) in [4.78, 5) is 0. The number of benzene rings is 9. The summed E-state index contributed by atoms with van der Waals surface area (Å²) in [5.74, 6) is 0. The second-order valence-corrected chi connectivity index (χ2v) is 18.6. The van der Waals surface area contributed by atoms with Crippen LogP contribution in [-0.4, -0.2) is 17.2 Å². The molecule has 0 radical (unpaired) electrons. The van der Waals surface area contributed by atoms with Crippen molar-refractivity contribution in [1.29, 1.82) is 0 Å². The van der Waals surface area contributed by atoms with E-state index in [0.717, 1.165) is 11.4 Å². The lowest BCUT2D eigenvalue weighted by Crippen LogP contribution is -2.75. The van der Waals surface area contributed by atoms with E-state index in [4.69, 9.17) is 0 Å². The first-order valence-electron chi connectivity index (χ1n) is 19.7. The first kappa shape index (κ1) is 33.2. The molecule has 2 aromatic heterocycles. The van der Waals surface area contributed by atoms with E-state index in [1.807, 2.05) is 0 Å². The van der Waals surface area contributed by atoms with Crippen LogP contribution in [0.5, 0.6) is 0 Å². The molecule has 0 amide bonds. The van der Waals surface area contributed by atoms with E-state index in [9.17, 15) is 0 Å². The zero-order valence-corrected chi connectivity index (χ0v) is 32.3. The Balaban J connectivity index is 1.30. The molecule has 0 aliphatic carbocycles. The monoisotopic (exact) mass is 742 g/mol. The highest BCUT2D eigenvalue weighted by Crippen LogP contribution is 2.44. The quantitative estimate of drug-likeness (QED) is 0.114. The largest absolute Gasteiger partial charge is 0.309 e. The van der Waals surface area contributed by atoms with Gasteiger partial charge in [-0.1, -0.05) is 188 Å². The highest BCUT2D eigenvalue weighted by atomic mass is 28.3. The molecule has 0 fully saturated rings. The lowest BCUT2D eigenvalue weighted by molar-refractivity contribution is 1.17. The van der Waals surface area contributed by atoms with Gasteiger partial charge in [0.05, 0.1) is 22.1 Å². The van der Waals surface area contributed by atoms with Crippen LogP contribution in [0.1, 0.15) is 0 Å². The van der Waals surface area contributed by atoms with E-state index in [2.05, 4.69) is 240 Å². The topological polar surface area (TPSA) is 9.86 Å². The summed E-state index contributed by atoms with van der Waals surface area (Å²) in [7, 11) is -2.86. The van der Waals surface area contributed by atoms with Crippen molar-refractivity contribution in [3.63, 3.8) is 0 Å². The van der Waals surface area contributed by atoms with Gasteiger partial charge < -0.3 is 9.13 Å². The van der Waals surface area contributed by atoms with E-state index in [-0.39, 0.29) is 0 Å². The van der Waals surface area contributed by atoms with Crippen LogP contribution in [0.3, 0.4) is 0 Å². The molecule has 57 heavy (non-hydrogen) atoms. The van der Waals surface area contributed by atoms with Crippen LogP contribution in [0.25, 0.3) is 66.1 Å². The van der Waals surface area contributed by atoms with Gasteiger partial charge in [-0.15, -0.1) is 0 Å². The van der Waals surface area contributed by atoms with Crippen molar-refractivity contribution in [2.45, 2.75) is 0 Å². The Bertz CT molecular complexity index is 3110. The van der Waals surface area contributed by atoms with E-state index < -0.39 is 8.07 Å². The Labute approximate surface area is 333 Å². The molecule has 11 aromatic rings. The Morgan fingerprint density at radius 1 is 0.281 bits per heavy atom. The van der Waals surface area contributed by atoms with Crippen LogP contribution in [0.15, 0.2) is 231 Å². The number of fused-ring (bicyclic) bond motifs is 7. The second-order valence-electron chi connectivity index (χ2n) is 14.8. The molecule has 0 bridgehead atoms. The van der Waals surface area contributed by atoms with E-state index in [1.165, 1.54) is 75.5 Å². The summed E-state index contributed by atoms with van der Waals surface area (Å²) < 4.78 is 4.93. The van der Waals surface area contributed by atoms with Gasteiger partial charge in [-0.25, -0.2) is 0 Å². The maximum absolute atomic E-state index is 2.86. The second kappa shape index (κ2) is 13.5. The van der Waals surface area contributed by atoms with Crippen molar-refractivity contribution in [2.24, 2.45) is 0 Å². The molecule has 11 rings (SSSR count). The minimum Gasteiger partial charge on any atom is -0.309 e. The molecule has 2 nitrogen and oxygen atoms in total. The van der Waals surface area contributed by atoms with Gasteiger partial charge in [0.1, 0.15) is 0 Å². The number of para-hydroxylation sites is 3. The van der Waals surface area contributed by atoms with Crippen LogP contribution in [0.4, 0.5) is 0 Å². The summed E-state index contributed by atoms with van der Waals surface area (Å²) in [6.45, 7) is 0. The number of aromatic nitrogens is 2. The van der Waals surface area contributed by atoms with Crippen molar-refractivity contribution in [2.75, 3.05) is 0 Å². The zero-order valence-electron chi connectivity index (χ0n) is 31.3. The first-order chi connectivity index (χ1) is 28.3. The minimum absolute atomic E-state index is 1.15. The average molecular weight is 743 g/mol. The van der Waals surface area contributed by atoms with Gasteiger partial charge in [-0.05, 0) is 74.3 Å².